The summed E-state index contributed by atoms with van der Waals surface area (Å²) in [6, 6.07) is 1.70. The molecule has 5 nitrogen and oxygen atoms in total. The summed E-state index contributed by atoms with van der Waals surface area (Å²) in [5, 5.41) is 8.14. The van der Waals surface area contributed by atoms with E-state index in [4.69, 9.17) is 5.26 Å². The average molecular weight is 205 g/mol. The van der Waals surface area contributed by atoms with Gasteiger partial charge in [0.05, 0.1) is 18.4 Å². The Hall–Kier alpha value is -1.09. The molecule has 0 atom stereocenters. The summed E-state index contributed by atoms with van der Waals surface area (Å²) >= 11 is 0. The van der Waals surface area contributed by atoms with Gasteiger partial charge in [0, 0.05) is 6.42 Å². The van der Waals surface area contributed by atoms with E-state index >= 15 is 0 Å². The van der Waals surface area contributed by atoms with Crippen LogP contribution in [0.5, 0.6) is 0 Å². The maximum absolute atomic E-state index is 11.0. The molecule has 0 amide bonds. The first-order valence-corrected chi connectivity index (χ1v) is 5.57. The van der Waals surface area contributed by atoms with Crippen LogP contribution in [0.3, 0.4) is 0 Å². The third kappa shape index (κ3) is 6.11. The monoisotopic (exact) mass is 205 g/mol. The first-order valence-electron chi connectivity index (χ1n) is 3.75. The molecule has 0 aromatic heterocycles. The summed E-state index contributed by atoms with van der Waals surface area (Å²) in [7, 11) is -3.46. The molecule has 0 spiro atoms. The molecule has 0 aromatic carbocycles. The Morgan fingerprint density at radius 1 is 1.54 bits per heavy atom. The quantitative estimate of drug-likeness (QED) is 0.584. The molecule has 0 rings (SSSR count). The van der Waals surface area contributed by atoms with Crippen LogP contribution >= 0.6 is 0 Å². The first kappa shape index (κ1) is 11.9. The zero-order valence-corrected chi connectivity index (χ0v) is 8.13. The highest BCUT2D eigenvalue weighted by Gasteiger charge is 2.16. The van der Waals surface area contributed by atoms with Gasteiger partial charge in [-0.25, -0.2) is 8.42 Å². The van der Waals surface area contributed by atoms with E-state index in [1.165, 1.54) is 0 Å². The lowest BCUT2D eigenvalue weighted by atomic mass is 10.6. The summed E-state index contributed by atoms with van der Waals surface area (Å²) < 4.78 is 26.5. The van der Waals surface area contributed by atoms with E-state index in [1.54, 1.807) is 13.0 Å². The molecule has 0 aliphatic carbocycles. The molecule has 0 radical (unpaired) electrons. The number of ether oxygens (including phenoxy) is 1. The van der Waals surface area contributed by atoms with Gasteiger partial charge in [-0.2, -0.15) is 5.26 Å². The SMILES string of the molecule is CCOC(=O)CS(=O)(=O)CCC#N. The summed E-state index contributed by atoms with van der Waals surface area (Å²) in [5.41, 5.74) is 0. The van der Waals surface area contributed by atoms with Gasteiger partial charge in [-0.1, -0.05) is 0 Å². The van der Waals surface area contributed by atoms with Crippen molar-refractivity contribution in [3.05, 3.63) is 0 Å². The van der Waals surface area contributed by atoms with Crippen molar-refractivity contribution in [3.63, 3.8) is 0 Å². The molecular formula is C7H11NO4S. The zero-order valence-electron chi connectivity index (χ0n) is 7.32. The number of hydrogen-bond acceptors (Lipinski definition) is 5. The molecular weight excluding hydrogens is 194 g/mol. The smallest absolute Gasteiger partial charge is 0.321 e. The fourth-order valence-electron chi connectivity index (χ4n) is 0.656. The van der Waals surface area contributed by atoms with Crippen molar-refractivity contribution < 1.29 is 17.9 Å². The van der Waals surface area contributed by atoms with Crippen LogP contribution in [0.1, 0.15) is 13.3 Å². The van der Waals surface area contributed by atoms with Crippen molar-refractivity contribution in [3.8, 4) is 6.07 Å². The number of hydrogen-bond donors (Lipinski definition) is 0. The molecule has 0 bridgehead atoms. The summed E-state index contributed by atoms with van der Waals surface area (Å²) in [6.07, 6.45) is -0.0955. The molecule has 0 fully saturated rings. The topological polar surface area (TPSA) is 84.2 Å². The van der Waals surface area contributed by atoms with Crippen molar-refractivity contribution in [1.29, 1.82) is 5.26 Å². The van der Waals surface area contributed by atoms with Gasteiger partial charge in [0.2, 0.25) is 0 Å². The van der Waals surface area contributed by atoms with Crippen LogP contribution in [0.4, 0.5) is 0 Å². The second kappa shape index (κ2) is 5.54. The Morgan fingerprint density at radius 3 is 2.62 bits per heavy atom. The second-order valence-electron chi connectivity index (χ2n) is 2.31. The van der Waals surface area contributed by atoms with E-state index in [-0.39, 0.29) is 18.8 Å². The fourth-order valence-corrected chi connectivity index (χ4v) is 1.64. The molecule has 0 unspecified atom stereocenters. The Morgan fingerprint density at radius 2 is 2.15 bits per heavy atom. The summed E-state index contributed by atoms with van der Waals surface area (Å²) in [4.78, 5) is 10.7. The van der Waals surface area contributed by atoms with Crippen LogP contribution in [0.2, 0.25) is 0 Å². The lowest BCUT2D eigenvalue weighted by Crippen LogP contribution is -2.20. The highest BCUT2D eigenvalue weighted by molar-refractivity contribution is 7.92. The number of carbonyl (C=O) groups excluding carboxylic acids is 1. The van der Waals surface area contributed by atoms with Crippen molar-refractivity contribution in [2.75, 3.05) is 18.1 Å². The van der Waals surface area contributed by atoms with Crippen LogP contribution in [-0.4, -0.2) is 32.5 Å². The van der Waals surface area contributed by atoms with Gasteiger partial charge < -0.3 is 4.74 Å². The molecule has 0 aromatic rings. The Labute approximate surface area is 77.2 Å². The molecule has 0 aliphatic heterocycles. The van der Waals surface area contributed by atoms with E-state index in [9.17, 15) is 13.2 Å². The lowest BCUT2D eigenvalue weighted by molar-refractivity contribution is -0.139. The second-order valence-corrected chi connectivity index (χ2v) is 4.49. The Balaban J connectivity index is 4.04. The number of carbonyl (C=O) groups is 1. The van der Waals surface area contributed by atoms with Crippen LogP contribution in [0, 0.1) is 11.3 Å². The third-order valence-electron chi connectivity index (χ3n) is 1.17. The standard InChI is InChI=1S/C7H11NO4S/c1-2-12-7(9)6-13(10,11)5-3-4-8/h2-3,5-6H2,1H3. The number of sulfone groups is 1. The van der Waals surface area contributed by atoms with Crippen LogP contribution < -0.4 is 0 Å². The number of nitrogens with zero attached hydrogens (tertiary/aromatic N) is 1. The van der Waals surface area contributed by atoms with Gasteiger partial charge in [-0.3, -0.25) is 4.79 Å². The van der Waals surface area contributed by atoms with Gasteiger partial charge in [-0.05, 0) is 6.92 Å². The minimum absolute atomic E-state index is 0.0955. The van der Waals surface area contributed by atoms with Crippen LogP contribution in [0.25, 0.3) is 0 Å². The lowest BCUT2D eigenvalue weighted by Gasteiger charge is -2.01. The minimum atomic E-state index is -3.46. The maximum Gasteiger partial charge on any atom is 0.321 e. The Kier molecular flexibility index (Phi) is 5.07. The largest absolute Gasteiger partial charge is 0.465 e. The van der Waals surface area contributed by atoms with Crippen molar-refractivity contribution in [2.45, 2.75) is 13.3 Å². The third-order valence-corrected chi connectivity index (χ3v) is 2.67. The average Bonchev–Trinajstić information content (AvgIpc) is 2.00. The zero-order chi connectivity index (χ0) is 10.3. The van der Waals surface area contributed by atoms with Crippen molar-refractivity contribution >= 4 is 15.8 Å². The molecule has 0 aliphatic rings. The van der Waals surface area contributed by atoms with E-state index in [0.717, 1.165) is 0 Å². The van der Waals surface area contributed by atoms with Crippen molar-refractivity contribution in [2.24, 2.45) is 0 Å². The van der Waals surface area contributed by atoms with Crippen LogP contribution in [-0.2, 0) is 19.4 Å². The molecule has 74 valence electrons. The number of esters is 1. The minimum Gasteiger partial charge on any atom is -0.465 e. The normalized spacial score (nSPS) is 10.5. The molecule has 0 saturated heterocycles. The molecule has 0 N–H and O–H groups in total. The van der Waals surface area contributed by atoms with Crippen LogP contribution in [0.15, 0.2) is 0 Å². The highest BCUT2D eigenvalue weighted by Crippen LogP contribution is 1.94. The fraction of sp³-hybridized carbons (Fsp3) is 0.714. The highest BCUT2D eigenvalue weighted by atomic mass is 32.2. The van der Waals surface area contributed by atoms with E-state index in [0.29, 0.717) is 0 Å². The van der Waals surface area contributed by atoms with E-state index in [2.05, 4.69) is 4.74 Å². The summed E-state index contributed by atoms with van der Waals surface area (Å²) in [6.45, 7) is 1.76. The maximum atomic E-state index is 11.0. The van der Waals surface area contributed by atoms with Gasteiger partial charge >= 0.3 is 5.97 Å². The Bertz CT molecular complexity index is 301. The van der Waals surface area contributed by atoms with Crippen molar-refractivity contribution in [1.82, 2.24) is 0 Å². The van der Waals surface area contributed by atoms with Gasteiger partial charge in [0.1, 0.15) is 5.75 Å². The predicted octanol–water partition coefficient (Wildman–Crippen LogP) is -0.122. The number of nitriles is 1. The van der Waals surface area contributed by atoms with Gasteiger partial charge in [0.15, 0.2) is 9.84 Å². The molecule has 13 heavy (non-hydrogen) atoms. The number of rotatable bonds is 5. The molecule has 0 saturated carbocycles. The predicted molar refractivity (Wildman–Crippen MR) is 45.5 cm³/mol. The van der Waals surface area contributed by atoms with E-state index in [1.807, 2.05) is 0 Å². The molecule has 6 heteroatoms. The van der Waals surface area contributed by atoms with Gasteiger partial charge in [0.25, 0.3) is 0 Å². The first-order chi connectivity index (χ1) is 6.02. The van der Waals surface area contributed by atoms with Gasteiger partial charge in [-0.15, -0.1) is 0 Å². The van der Waals surface area contributed by atoms with E-state index < -0.39 is 21.6 Å². The molecule has 0 heterocycles. The summed E-state index contributed by atoms with van der Waals surface area (Å²) in [5.74, 6) is -1.69.